The Kier molecular flexibility index (Phi) is 4.66. The molecule has 152 valence electrons. The molecule has 5 nitrogen and oxygen atoms in total. The fourth-order valence-electron chi connectivity index (χ4n) is 3.72. The van der Waals surface area contributed by atoms with E-state index in [1.807, 2.05) is 42.5 Å². The number of primary sulfonamides is 1. The molecule has 3 N–H and O–H groups in total. The number of aromatic amines is 1. The number of H-pyrrole nitrogens is 1. The fourth-order valence-corrected chi connectivity index (χ4v) is 4.48. The first-order valence-corrected chi connectivity index (χ1v) is 11.3. The summed E-state index contributed by atoms with van der Waals surface area (Å²) >= 11 is 0. The zero-order valence-corrected chi connectivity index (χ0v) is 17.3. The van der Waals surface area contributed by atoms with Gasteiger partial charge >= 0.3 is 0 Å². The fraction of sp³-hybridized carbons (Fsp3) is 0. The lowest BCUT2D eigenvalue weighted by Crippen LogP contribution is -2.13. The highest BCUT2D eigenvalue weighted by Crippen LogP contribution is 2.29. The molecule has 0 fully saturated rings. The Morgan fingerprint density at radius 3 is 2.42 bits per heavy atom. The van der Waals surface area contributed by atoms with Crippen LogP contribution in [0.25, 0.3) is 45.1 Å². The van der Waals surface area contributed by atoms with Gasteiger partial charge in [-0.2, -0.15) is 0 Å². The number of nitrogens with two attached hydrogens (primary N) is 1. The molecule has 4 aromatic carbocycles. The van der Waals surface area contributed by atoms with E-state index in [1.165, 1.54) is 16.8 Å². The summed E-state index contributed by atoms with van der Waals surface area (Å²) in [6, 6.07) is 26.9. The van der Waals surface area contributed by atoms with Crippen LogP contribution < -0.4 is 5.14 Å². The average Bonchev–Trinajstić information content (AvgIpc) is 3.19. The number of nitrogens with one attached hydrogen (secondary N) is 1. The van der Waals surface area contributed by atoms with Crippen LogP contribution in [0, 0.1) is 0 Å². The van der Waals surface area contributed by atoms with Gasteiger partial charge in [-0.15, -0.1) is 0 Å². The predicted molar refractivity (Wildman–Crippen MR) is 126 cm³/mol. The van der Waals surface area contributed by atoms with Gasteiger partial charge < -0.3 is 4.98 Å². The summed E-state index contributed by atoms with van der Waals surface area (Å²) in [5, 5.41) is 7.78. The van der Waals surface area contributed by atoms with E-state index in [0.29, 0.717) is 5.56 Å². The molecule has 1 heterocycles. The maximum atomic E-state index is 11.9. The zero-order chi connectivity index (χ0) is 21.4. The van der Waals surface area contributed by atoms with Crippen molar-refractivity contribution in [2.75, 3.05) is 0 Å². The highest BCUT2D eigenvalue weighted by atomic mass is 32.2. The highest BCUT2D eigenvalue weighted by molar-refractivity contribution is 7.89. The van der Waals surface area contributed by atoms with Crippen molar-refractivity contribution < 1.29 is 8.42 Å². The minimum absolute atomic E-state index is 0.102. The van der Waals surface area contributed by atoms with E-state index in [2.05, 4.69) is 40.3 Å². The van der Waals surface area contributed by atoms with Crippen LogP contribution in [-0.4, -0.2) is 18.4 Å². The van der Waals surface area contributed by atoms with Crippen molar-refractivity contribution in [2.45, 2.75) is 4.90 Å². The summed E-state index contributed by atoms with van der Waals surface area (Å²) in [4.78, 5) is 8.01. The third-order valence-corrected chi connectivity index (χ3v) is 6.18. The Labute approximate surface area is 179 Å². The van der Waals surface area contributed by atoms with Gasteiger partial charge in [-0.1, -0.05) is 66.7 Å². The van der Waals surface area contributed by atoms with Gasteiger partial charge in [0, 0.05) is 5.56 Å². The van der Waals surface area contributed by atoms with Gasteiger partial charge in [-0.3, -0.25) is 0 Å². The van der Waals surface area contributed by atoms with Gasteiger partial charge in [0.15, 0.2) is 0 Å². The molecule has 1 aromatic heterocycles. The third-order valence-electron chi connectivity index (χ3n) is 5.21. The normalized spacial score (nSPS) is 12.2. The van der Waals surface area contributed by atoms with Crippen molar-refractivity contribution in [1.29, 1.82) is 0 Å². The molecule has 0 bridgehead atoms. The van der Waals surface area contributed by atoms with Crippen molar-refractivity contribution in [2.24, 2.45) is 5.14 Å². The van der Waals surface area contributed by atoms with E-state index in [0.717, 1.165) is 28.0 Å². The van der Waals surface area contributed by atoms with Gasteiger partial charge in [-0.25, -0.2) is 18.5 Å². The Balaban J connectivity index is 1.49. The summed E-state index contributed by atoms with van der Waals surface area (Å²) in [7, 11) is -3.82. The second-order valence-electron chi connectivity index (χ2n) is 7.34. The first-order valence-electron chi connectivity index (χ1n) is 9.76. The smallest absolute Gasteiger partial charge is 0.238 e. The Hall–Kier alpha value is -3.74. The van der Waals surface area contributed by atoms with Crippen LogP contribution in [-0.2, 0) is 10.0 Å². The molecular formula is C25H19N3O2S. The quantitative estimate of drug-likeness (QED) is 0.415. The van der Waals surface area contributed by atoms with Crippen LogP contribution in [0.2, 0.25) is 0 Å². The van der Waals surface area contributed by atoms with Crippen LogP contribution in [0.5, 0.6) is 0 Å². The number of hydrogen-bond donors (Lipinski definition) is 2. The van der Waals surface area contributed by atoms with Gasteiger partial charge in [0.25, 0.3) is 0 Å². The second-order valence-corrected chi connectivity index (χ2v) is 8.86. The largest absolute Gasteiger partial charge is 0.338 e. The topological polar surface area (TPSA) is 88.8 Å². The van der Waals surface area contributed by atoms with E-state index < -0.39 is 10.0 Å². The number of benzene rings is 4. The monoisotopic (exact) mass is 425 g/mol. The molecular weight excluding hydrogens is 406 g/mol. The first-order chi connectivity index (χ1) is 15.0. The molecule has 0 amide bonds. The summed E-state index contributed by atoms with van der Waals surface area (Å²) in [6.07, 6.45) is 3.95. The number of sulfonamides is 1. The lowest BCUT2D eigenvalue weighted by atomic mass is 10.1. The molecule has 0 saturated carbocycles. The van der Waals surface area contributed by atoms with Gasteiger partial charge in [0.05, 0.1) is 15.9 Å². The molecule has 5 aromatic rings. The lowest BCUT2D eigenvalue weighted by Gasteiger charge is -2.07. The molecule has 0 saturated heterocycles. The van der Waals surface area contributed by atoms with Crippen molar-refractivity contribution in [3.63, 3.8) is 0 Å². The second kappa shape index (κ2) is 7.50. The molecule has 0 spiro atoms. The van der Waals surface area contributed by atoms with Crippen molar-refractivity contribution in [3.05, 3.63) is 96.3 Å². The standard InChI is InChI=1S/C25H19N3O2S/c26-31(29,30)24-8-4-3-7-21(24)20-12-13-22-23(16-20)28-25(27-22)14-10-17-9-11-18-5-1-2-6-19(18)15-17/h1-16H,(H,27,28)(H2,26,29,30). The number of nitrogens with zero attached hydrogens (tertiary/aromatic N) is 1. The zero-order valence-electron chi connectivity index (χ0n) is 16.5. The van der Waals surface area contributed by atoms with Crippen molar-refractivity contribution >= 4 is 44.0 Å². The van der Waals surface area contributed by atoms with Crippen molar-refractivity contribution in [1.82, 2.24) is 9.97 Å². The molecule has 6 heteroatoms. The molecule has 0 aliphatic heterocycles. The molecule has 0 aliphatic carbocycles. The Bertz CT molecular complexity index is 1570. The van der Waals surface area contributed by atoms with Crippen LogP contribution in [0.1, 0.15) is 11.4 Å². The number of fused-ring (bicyclic) bond motifs is 2. The van der Waals surface area contributed by atoms with Gasteiger partial charge in [0.2, 0.25) is 10.0 Å². The molecule has 0 aliphatic rings. The van der Waals surface area contributed by atoms with E-state index in [9.17, 15) is 8.42 Å². The van der Waals surface area contributed by atoms with E-state index in [4.69, 9.17) is 5.14 Å². The van der Waals surface area contributed by atoms with Gasteiger partial charge in [-0.05, 0) is 52.2 Å². The first kappa shape index (κ1) is 19.2. The number of rotatable bonds is 4. The minimum atomic E-state index is -3.82. The number of hydrogen-bond acceptors (Lipinski definition) is 3. The van der Waals surface area contributed by atoms with Crippen LogP contribution >= 0.6 is 0 Å². The Morgan fingerprint density at radius 1 is 0.806 bits per heavy atom. The van der Waals surface area contributed by atoms with Crippen molar-refractivity contribution in [3.8, 4) is 11.1 Å². The Morgan fingerprint density at radius 2 is 1.58 bits per heavy atom. The number of aromatic nitrogens is 2. The third kappa shape index (κ3) is 3.86. The van der Waals surface area contributed by atoms with E-state index >= 15 is 0 Å². The highest BCUT2D eigenvalue weighted by Gasteiger charge is 2.15. The summed E-state index contributed by atoms with van der Waals surface area (Å²) in [5.41, 5.74) is 4.03. The SMILES string of the molecule is NS(=O)(=O)c1ccccc1-c1ccc2nc(C=Cc3ccc4ccccc4c3)[nH]c2c1. The van der Waals surface area contributed by atoms with Crippen LogP contribution in [0.15, 0.2) is 89.8 Å². The molecule has 0 radical (unpaired) electrons. The average molecular weight is 426 g/mol. The predicted octanol–water partition coefficient (Wildman–Crippen LogP) is 5.20. The molecule has 31 heavy (non-hydrogen) atoms. The number of imidazole rings is 1. The van der Waals surface area contributed by atoms with Crippen LogP contribution in [0.4, 0.5) is 0 Å². The maximum Gasteiger partial charge on any atom is 0.238 e. The van der Waals surface area contributed by atoms with Gasteiger partial charge in [0.1, 0.15) is 5.82 Å². The van der Waals surface area contributed by atoms with E-state index in [1.54, 1.807) is 18.2 Å². The molecule has 5 rings (SSSR count). The minimum Gasteiger partial charge on any atom is -0.338 e. The van der Waals surface area contributed by atoms with E-state index in [-0.39, 0.29) is 4.90 Å². The lowest BCUT2D eigenvalue weighted by molar-refractivity contribution is 0.598. The summed E-state index contributed by atoms with van der Waals surface area (Å²) in [6.45, 7) is 0. The molecule has 0 unspecified atom stereocenters. The molecule has 0 atom stereocenters. The maximum absolute atomic E-state index is 11.9. The van der Waals surface area contributed by atoms with Crippen LogP contribution in [0.3, 0.4) is 0 Å². The summed E-state index contributed by atoms with van der Waals surface area (Å²) < 4.78 is 23.9. The summed E-state index contributed by atoms with van der Waals surface area (Å²) in [5.74, 6) is 0.722.